The minimum Gasteiger partial charge on any atom is -0.361 e. The van der Waals surface area contributed by atoms with E-state index in [1.54, 1.807) is 0 Å². The van der Waals surface area contributed by atoms with Crippen molar-refractivity contribution in [1.29, 1.82) is 0 Å². The van der Waals surface area contributed by atoms with Gasteiger partial charge in [0, 0.05) is 30.2 Å². The number of unbranched alkanes of at least 4 members (excludes halogenated alkanes) is 3. The third-order valence-electron chi connectivity index (χ3n) is 5.39. The first kappa shape index (κ1) is 19.7. The van der Waals surface area contributed by atoms with Gasteiger partial charge in [-0.25, -0.2) is 0 Å². The largest absolute Gasteiger partial charge is 0.361 e. The molecule has 3 aromatic rings. The van der Waals surface area contributed by atoms with Crippen molar-refractivity contribution in [3.8, 4) is 0 Å². The summed E-state index contributed by atoms with van der Waals surface area (Å²) in [5.41, 5.74) is 4.12. The van der Waals surface area contributed by atoms with Crippen LogP contribution in [0.25, 0.3) is 10.9 Å². The molecule has 0 radical (unpaired) electrons. The van der Waals surface area contributed by atoms with E-state index in [1.807, 2.05) is 0 Å². The zero-order valence-corrected chi connectivity index (χ0v) is 17.0. The van der Waals surface area contributed by atoms with Crippen LogP contribution in [0.15, 0.2) is 60.8 Å². The molecule has 0 bridgehead atoms. The maximum Gasteiger partial charge on any atom is 0.0456 e. The molecule has 0 amide bonds. The van der Waals surface area contributed by atoms with Gasteiger partial charge in [0.2, 0.25) is 0 Å². The summed E-state index contributed by atoms with van der Waals surface area (Å²) >= 11 is 0. The highest BCUT2D eigenvalue weighted by Gasteiger charge is 2.13. The fraction of sp³-hybridized carbons (Fsp3) is 0.440. The first-order valence-corrected chi connectivity index (χ1v) is 10.6. The van der Waals surface area contributed by atoms with Gasteiger partial charge in [-0.3, -0.25) is 4.90 Å². The molecular weight excluding hydrogens is 328 g/mol. The second kappa shape index (κ2) is 10.3. The second-order valence-electron chi connectivity index (χ2n) is 7.95. The van der Waals surface area contributed by atoms with Gasteiger partial charge in [-0.15, -0.1) is 0 Å². The number of rotatable bonds is 11. The normalized spacial score (nSPS) is 12.7. The number of aromatic nitrogens is 1. The number of aromatic amines is 1. The van der Waals surface area contributed by atoms with Crippen LogP contribution in [0.1, 0.15) is 50.7 Å². The van der Waals surface area contributed by atoms with Crippen LogP contribution in [-0.2, 0) is 13.0 Å². The number of nitrogens with one attached hydrogen (secondary N) is 1. The number of para-hydroxylation sites is 1. The molecule has 3 rings (SSSR count). The molecule has 0 saturated heterocycles. The maximum atomic E-state index is 3.42. The molecule has 0 aliphatic rings. The van der Waals surface area contributed by atoms with Crippen LogP contribution in [0.3, 0.4) is 0 Å². The average molecular weight is 363 g/mol. The molecule has 0 aliphatic carbocycles. The number of fused-ring (bicyclic) bond motifs is 1. The monoisotopic (exact) mass is 362 g/mol. The van der Waals surface area contributed by atoms with Crippen molar-refractivity contribution < 1.29 is 0 Å². The van der Waals surface area contributed by atoms with E-state index in [1.165, 1.54) is 54.3 Å². The minimum absolute atomic E-state index is 0.638. The van der Waals surface area contributed by atoms with Crippen molar-refractivity contribution in [3.63, 3.8) is 0 Å². The van der Waals surface area contributed by atoms with E-state index < -0.39 is 0 Å². The van der Waals surface area contributed by atoms with E-state index in [4.69, 9.17) is 0 Å². The van der Waals surface area contributed by atoms with Crippen LogP contribution in [0, 0.1) is 5.92 Å². The highest BCUT2D eigenvalue weighted by molar-refractivity contribution is 5.83. The highest BCUT2D eigenvalue weighted by atomic mass is 15.1. The molecule has 0 unspecified atom stereocenters. The molecule has 1 atom stereocenters. The Hall–Kier alpha value is -2.06. The molecule has 1 aromatic heterocycles. The Morgan fingerprint density at radius 1 is 0.926 bits per heavy atom. The molecule has 0 saturated carbocycles. The molecule has 2 aromatic carbocycles. The van der Waals surface area contributed by atoms with Crippen LogP contribution < -0.4 is 0 Å². The molecule has 2 nitrogen and oxygen atoms in total. The Kier molecular flexibility index (Phi) is 7.53. The zero-order chi connectivity index (χ0) is 18.9. The first-order chi connectivity index (χ1) is 13.3. The van der Waals surface area contributed by atoms with Crippen molar-refractivity contribution in [2.75, 3.05) is 13.1 Å². The Balaban J connectivity index is 1.60. The lowest BCUT2D eigenvalue weighted by molar-refractivity contribution is 0.224. The summed E-state index contributed by atoms with van der Waals surface area (Å²) in [6.45, 7) is 8.09. The summed E-state index contributed by atoms with van der Waals surface area (Å²) in [4.78, 5) is 6.08. The summed E-state index contributed by atoms with van der Waals surface area (Å²) in [7, 11) is 0. The van der Waals surface area contributed by atoms with Gasteiger partial charge in [-0.05, 0) is 42.5 Å². The zero-order valence-electron chi connectivity index (χ0n) is 17.0. The van der Waals surface area contributed by atoms with E-state index in [-0.39, 0.29) is 0 Å². The van der Waals surface area contributed by atoms with Crippen molar-refractivity contribution in [3.05, 3.63) is 71.9 Å². The fourth-order valence-electron chi connectivity index (χ4n) is 4.02. The van der Waals surface area contributed by atoms with Gasteiger partial charge < -0.3 is 4.98 Å². The van der Waals surface area contributed by atoms with Gasteiger partial charge >= 0.3 is 0 Å². The Bertz CT molecular complexity index is 790. The number of nitrogens with zero attached hydrogens (tertiary/aromatic N) is 1. The second-order valence-corrected chi connectivity index (χ2v) is 7.95. The predicted octanol–water partition coefficient (Wildman–Crippen LogP) is 6.43. The van der Waals surface area contributed by atoms with E-state index >= 15 is 0 Å². The summed E-state index contributed by atoms with van der Waals surface area (Å²) in [6, 6.07) is 19.6. The van der Waals surface area contributed by atoms with Crippen LogP contribution in [-0.4, -0.2) is 23.0 Å². The Morgan fingerprint density at radius 3 is 2.52 bits per heavy atom. The van der Waals surface area contributed by atoms with Gasteiger partial charge in [0.1, 0.15) is 0 Å². The van der Waals surface area contributed by atoms with Crippen molar-refractivity contribution in [2.45, 2.75) is 52.5 Å². The SMILES string of the molecule is CCCCCCN(Cc1ccccc1)C[C@@H](C)Cc1c[nH]c2ccccc12. The topological polar surface area (TPSA) is 19.0 Å². The molecule has 1 N–H and O–H groups in total. The summed E-state index contributed by atoms with van der Waals surface area (Å²) in [5.74, 6) is 0.638. The molecule has 0 fully saturated rings. The minimum atomic E-state index is 0.638. The van der Waals surface area contributed by atoms with Crippen LogP contribution in [0.5, 0.6) is 0 Å². The number of H-pyrrole nitrogens is 1. The standard InChI is InChI=1S/C25H34N2/c1-3-4-5-11-16-27(20-22-12-7-6-8-13-22)19-21(2)17-23-18-26-25-15-10-9-14-24(23)25/h6-10,12-15,18,21,26H,3-5,11,16-17,19-20H2,1-2H3/t21-/m0/s1. The van der Waals surface area contributed by atoms with Crippen LogP contribution in [0.4, 0.5) is 0 Å². The Morgan fingerprint density at radius 2 is 1.70 bits per heavy atom. The summed E-state index contributed by atoms with van der Waals surface area (Å²) < 4.78 is 0. The lowest BCUT2D eigenvalue weighted by atomic mass is 9.99. The van der Waals surface area contributed by atoms with Crippen LogP contribution in [0.2, 0.25) is 0 Å². The van der Waals surface area contributed by atoms with Gasteiger partial charge in [0.05, 0.1) is 0 Å². The highest BCUT2D eigenvalue weighted by Crippen LogP contribution is 2.21. The van der Waals surface area contributed by atoms with E-state index in [2.05, 4.69) is 84.5 Å². The predicted molar refractivity (Wildman–Crippen MR) is 117 cm³/mol. The molecule has 0 aliphatic heterocycles. The molecule has 144 valence electrons. The van der Waals surface area contributed by atoms with E-state index in [0.717, 1.165) is 19.5 Å². The van der Waals surface area contributed by atoms with Crippen LogP contribution >= 0.6 is 0 Å². The van der Waals surface area contributed by atoms with Gasteiger partial charge in [0.15, 0.2) is 0 Å². The molecule has 0 spiro atoms. The first-order valence-electron chi connectivity index (χ1n) is 10.6. The average Bonchev–Trinajstić information content (AvgIpc) is 3.09. The lowest BCUT2D eigenvalue weighted by Gasteiger charge is -2.26. The number of benzene rings is 2. The van der Waals surface area contributed by atoms with E-state index in [0.29, 0.717) is 5.92 Å². The van der Waals surface area contributed by atoms with Crippen molar-refractivity contribution in [2.24, 2.45) is 5.92 Å². The van der Waals surface area contributed by atoms with Crippen molar-refractivity contribution in [1.82, 2.24) is 9.88 Å². The number of hydrogen-bond acceptors (Lipinski definition) is 1. The molecule has 27 heavy (non-hydrogen) atoms. The molecule has 2 heteroatoms. The summed E-state index contributed by atoms with van der Waals surface area (Å²) in [6.07, 6.45) is 8.63. The quantitative estimate of drug-likeness (QED) is 0.389. The lowest BCUT2D eigenvalue weighted by Crippen LogP contribution is -2.30. The van der Waals surface area contributed by atoms with Gasteiger partial charge in [0.25, 0.3) is 0 Å². The third-order valence-corrected chi connectivity index (χ3v) is 5.39. The summed E-state index contributed by atoms with van der Waals surface area (Å²) in [5, 5.41) is 1.38. The smallest absolute Gasteiger partial charge is 0.0456 e. The van der Waals surface area contributed by atoms with Gasteiger partial charge in [-0.2, -0.15) is 0 Å². The molecular formula is C25H34N2. The van der Waals surface area contributed by atoms with Crippen molar-refractivity contribution >= 4 is 10.9 Å². The third kappa shape index (κ3) is 5.97. The maximum absolute atomic E-state index is 3.42. The Labute approximate surface area is 164 Å². The van der Waals surface area contributed by atoms with Gasteiger partial charge in [-0.1, -0.05) is 81.6 Å². The number of hydrogen-bond donors (Lipinski definition) is 1. The fourth-order valence-corrected chi connectivity index (χ4v) is 4.02. The van der Waals surface area contributed by atoms with E-state index in [9.17, 15) is 0 Å². The molecule has 1 heterocycles.